The summed E-state index contributed by atoms with van der Waals surface area (Å²) in [7, 11) is 0. The molecule has 1 saturated heterocycles. The summed E-state index contributed by atoms with van der Waals surface area (Å²) in [4.78, 5) is 27.2. The lowest BCUT2D eigenvalue weighted by Crippen LogP contribution is -2.43. The van der Waals surface area contributed by atoms with E-state index in [1.165, 1.54) is 23.5 Å². The van der Waals surface area contributed by atoms with Crippen LogP contribution in [-0.4, -0.2) is 42.9 Å². The molecule has 1 heterocycles. The zero-order chi connectivity index (χ0) is 15.9. The van der Waals surface area contributed by atoms with Gasteiger partial charge < -0.3 is 10.6 Å². The summed E-state index contributed by atoms with van der Waals surface area (Å²) < 4.78 is 13.1. The standard InChI is InChI=1S/C16H22FN3O2/c17-13-4-6-14(7-5-13)20(11-8-15(18)21)16(22)12-19-9-2-1-3-10-19/h4-7H,1-3,8-12H2,(H2,18,21). The van der Waals surface area contributed by atoms with Gasteiger partial charge in [0.1, 0.15) is 5.82 Å². The molecule has 1 aromatic rings. The molecule has 6 heteroatoms. The number of primary amides is 1. The van der Waals surface area contributed by atoms with Gasteiger partial charge in [-0.2, -0.15) is 0 Å². The van der Waals surface area contributed by atoms with Crippen LogP contribution in [-0.2, 0) is 9.59 Å². The minimum atomic E-state index is -0.460. The predicted octanol–water partition coefficient (Wildman–Crippen LogP) is 1.52. The number of hydrogen-bond acceptors (Lipinski definition) is 3. The maximum Gasteiger partial charge on any atom is 0.241 e. The molecular formula is C16H22FN3O2. The molecule has 2 amide bonds. The van der Waals surface area contributed by atoms with Gasteiger partial charge in [0.25, 0.3) is 0 Å². The van der Waals surface area contributed by atoms with Gasteiger partial charge in [0.2, 0.25) is 11.8 Å². The van der Waals surface area contributed by atoms with E-state index in [0.29, 0.717) is 12.2 Å². The number of anilines is 1. The van der Waals surface area contributed by atoms with Gasteiger partial charge in [-0.3, -0.25) is 14.5 Å². The van der Waals surface area contributed by atoms with E-state index in [2.05, 4.69) is 4.90 Å². The summed E-state index contributed by atoms with van der Waals surface area (Å²) in [6, 6.07) is 5.70. The number of piperidine rings is 1. The minimum Gasteiger partial charge on any atom is -0.370 e. The number of halogens is 1. The Kier molecular flexibility index (Phi) is 5.89. The first-order chi connectivity index (χ1) is 10.6. The lowest BCUT2D eigenvalue weighted by atomic mass is 10.1. The largest absolute Gasteiger partial charge is 0.370 e. The Bertz CT molecular complexity index is 513. The lowest BCUT2D eigenvalue weighted by molar-refractivity contribution is -0.120. The van der Waals surface area contributed by atoms with Crippen molar-refractivity contribution in [2.45, 2.75) is 25.7 Å². The average molecular weight is 307 g/mol. The quantitative estimate of drug-likeness (QED) is 0.866. The van der Waals surface area contributed by atoms with E-state index >= 15 is 0 Å². The first-order valence-electron chi connectivity index (χ1n) is 7.63. The maximum atomic E-state index is 13.1. The van der Waals surface area contributed by atoms with Crippen molar-refractivity contribution in [1.82, 2.24) is 4.90 Å². The number of carbonyl (C=O) groups excluding carboxylic acids is 2. The van der Waals surface area contributed by atoms with Crippen LogP contribution in [0.5, 0.6) is 0 Å². The molecule has 2 rings (SSSR count). The Balaban J connectivity index is 2.06. The molecular weight excluding hydrogens is 285 g/mol. The number of carbonyl (C=O) groups is 2. The molecule has 0 bridgehead atoms. The Morgan fingerprint density at radius 1 is 1.14 bits per heavy atom. The van der Waals surface area contributed by atoms with Crippen LogP contribution in [0.1, 0.15) is 25.7 Å². The number of hydrogen-bond donors (Lipinski definition) is 1. The second kappa shape index (κ2) is 7.89. The molecule has 1 aliphatic heterocycles. The Morgan fingerprint density at radius 3 is 2.36 bits per heavy atom. The van der Waals surface area contributed by atoms with Crippen LogP contribution in [0, 0.1) is 5.82 Å². The van der Waals surface area contributed by atoms with Crippen molar-refractivity contribution >= 4 is 17.5 Å². The predicted molar refractivity (Wildman–Crippen MR) is 82.9 cm³/mol. The van der Waals surface area contributed by atoms with Crippen molar-refractivity contribution in [3.05, 3.63) is 30.1 Å². The molecule has 5 nitrogen and oxygen atoms in total. The molecule has 1 aliphatic rings. The van der Waals surface area contributed by atoms with Crippen molar-refractivity contribution < 1.29 is 14.0 Å². The van der Waals surface area contributed by atoms with E-state index < -0.39 is 5.91 Å². The minimum absolute atomic E-state index is 0.0864. The fourth-order valence-electron chi connectivity index (χ4n) is 2.63. The molecule has 1 aromatic carbocycles. The molecule has 1 fully saturated rings. The third kappa shape index (κ3) is 4.80. The average Bonchev–Trinajstić information content (AvgIpc) is 2.50. The smallest absolute Gasteiger partial charge is 0.241 e. The number of nitrogens with two attached hydrogens (primary N) is 1. The van der Waals surface area contributed by atoms with Gasteiger partial charge in [-0.05, 0) is 50.2 Å². The van der Waals surface area contributed by atoms with Gasteiger partial charge >= 0.3 is 0 Å². The van der Waals surface area contributed by atoms with Gasteiger partial charge in [0.15, 0.2) is 0 Å². The molecule has 0 spiro atoms. The third-order valence-electron chi connectivity index (χ3n) is 3.83. The highest BCUT2D eigenvalue weighted by Crippen LogP contribution is 2.17. The molecule has 0 unspecified atom stereocenters. The topological polar surface area (TPSA) is 66.6 Å². The molecule has 0 aromatic heterocycles. The fraction of sp³-hybridized carbons (Fsp3) is 0.500. The Morgan fingerprint density at radius 2 is 1.77 bits per heavy atom. The highest BCUT2D eigenvalue weighted by Gasteiger charge is 2.20. The fourth-order valence-corrected chi connectivity index (χ4v) is 2.63. The molecule has 0 radical (unpaired) electrons. The van der Waals surface area contributed by atoms with Crippen molar-refractivity contribution in [1.29, 1.82) is 0 Å². The number of benzene rings is 1. The van der Waals surface area contributed by atoms with Crippen LogP contribution in [0.15, 0.2) is 24.3 Å². The summed E-state index contributed by atoms with van der Waals surface area (Å²) in [6.07, 6.45) is 3.49. The molecule has 120 valence electrons. The van der Waals surface area contributed by atoms with Gasteiger partial charge in [-0.25, -0.2) is 4.39 Å². The highest BCUT2D eigenvalue weighted by molar-refractivity contribution is 5.95. The summed E-state index contributed by atoms with van der Waals surface area (Å²) in [5.41, 5.74) is 5.77. The van der Waals surface area contributed by atoms with Crippen molar-refractivity contribution in [3.8, 4) is 0 Å². The van der Waals surface area contributed by atoms with E-state index in [1.54, 1.807) is 12.1 Å². The van der Waals surface area contributed by atoms with Gasteiger partial charge in [-0.1, -0.05) is 6.42 Å². The van der Waals surface area contributed by atoms with E-state index in [4.69, 9.17) is 5.73 Å². The molecule has 2 N–H and O–H groups in total. The van der Waals surface area contributed by atoms with E-state index in [0.717, 1.165) is 25.9 Å². The van der Waals surface area contributed by atoms with Crippen molar-refractivity contribution in [2.24, 2.45) is 5.73 Å². The first-order valence-corrected chi connectivity index (χ1v) is 7.63. The van der Waals surface area contributed by atoms with Gasteiger partial charge in [0, 0.05) is 18.7 Å². The van der Waals surface area contributed by atoms with E-state index in [-0.39, 0.29) is 24.7 Å². The van der Waals surface area contributed by atoms with E-state index in [1.807, 2.05) is 0 Å². The van der Waals surface area contributed by atoms with Crippen LogP contribution in [0.25, 0.3) is 0 Å². The molecule has 0 saturated carbocycles. The van der Waals surface area contributed by atoms with Crippen LogP contribution < -0.4 is 10.6 Å². The summed E-state index contributed by atoms with van der Waals surface area (Å²) in [5, 5.41) is 0. The van der Waals surface area contributed by atoms with Crippen LogP contribution >= 0.6 is 0 Å². The Hall–Kier alpha value is -1.95. The second-order valence-corrected chi connectivity index (χ2v) is 5.57. The summed E-state index contributed by atoms with van der Waals surface area (Å²) in [6.45, 7) is 2.36. The SMILES string of the molecule is NC(=O)CCN(C(=O)CN1CCCCC1)c1ccc(F)cc1. The number of rotatable bonds is 6. The normalized spacial score (nSPS) is 15.5. The molecule has 0 atom stereocenters. The highest BCUT2D eigenvalue weighted by atomic mass is 19.1. The van der Waals surface area contributed by atoms with Crippen molar-refractivity contribution in [2.75, 3.05) is 31.1 Å². The van der Waals surface area contributed by atoms with E-state index in [9.17, 15) is 14.0 Å². The van der Waals surface area contributed by atoms with Crippen LogP contribution in [0.3, 0.4) is 0 Å². The second-order valence-electron chi connectivity index (χ2n) is 5.57. The monoisotopic (exact) mass is 307 g/mol. The number of likely N-dealkylation sites (tertiary alicyclic amines) is 1. The Labute approximate surface area is 129 Å². The zero-order valence-electron chi connectivity index (χ0n) is 12.6. The first kappa shape index (κ1) is 16.4. The summed E-state index contributed by atoms with van der Waals surface area (Å²) in [5.74, 6) is -0.908. The number of nitrogens with zero attached hydrogens (tertiary/aromatic N) is 2. The van der Waals surface area contributed by atoms with Gasteiger partial charge in [-0.15, -0.1) is 0 Å². The third-order valence-corrected chi connectivity index (χ3v) is 3.83. The van der Waals surface area contributed by atoms with Crippen LogP contribution in [0.2, 0.25) is 0 Å². The maximum absolute atomic E-state index is 13.1. The molecule has 22 heavy (non-hydrogen) atoms. The van der Waals surface area contributed by atoms with Gasteiger partial charge in [0.05, 0.1) is 6.54 Å². The summed E-state index contributed by atoms with van der Waals surface area (Å²) >= 11 is 0. The number of amides is 2. The van der Waals surface area contributed by atoms with Crippen LogP contribution in [0.4, 0.5) is 10.1 Å². The molecule has 0 aliphatic carbocycles. The zero-order valence-corrected chi connectivity index (χ0v) is 12.6. The lowest BCUT2D eigenvalue weighted by Gasteiger charge is -2.29. The van der Waals surface area contributed by atoms with Crippen molar-refractivity contribution in [3.63, 3.8) is 0 Å².